The van der Waals surface area contributed by atoms with E-state index in [4.69, 9.17) is 0 Å². The summed E-state index contributed by atoms with van der Waals surface area (Å²) in [7, 11) is 1.76. The molecule has 0 radical (unpaired) electrons. The van der Waals surface area contributed by atoms with Gasteiger partial charge in [-0.05, 0) is 44.0 Å². The van der Waals surface area contributed by atoms with Crippen molar-refractivity contribution in [1.29, 1.82) is 0 Å². The van der Waals surface area contributed by atoms with Crippen molar-refractivity contribution in [2.45, 2.75) is 31.5 Å². The zero-order valence-electron chi connectivity index (χ0n) is 10.4. The molecule has 0 aliphatic carbocycles. The summed E-state index contributed by atoms with van der Waals surface area (Å²) in [6.45, 7) is 3.63. The van der Waals surface area contributed by atoms with Gasteiger partial charge in [-0.15, -0.1) is 6.58 Å². The highest BCUT2D eigenvalue weighted by molar-refractivity contribution is 5.28. The monoisotopic (exact) mass is 257 g/mol. The molecule has 1 N–H and O–H groups in total. The summed E-state index contributed by atoms with van der Waals surface area (Å²) in [4.78, 5) is 0. The third-order valence-corrected chi connectivity index (χ3v) is 2.87. The quantitative estimate of drug-likeness (QED) is 0.591. The Bertz CT molecular complexity index is 385. The summed E-state index contributed by atoms with van der Waals surface area (Å²) in [5.41, 5.74) is 0.0837. The van der Waals surface area contributed by atoms with Crippen LogP contribution in [0.25, 0.3) is 0 Å². The minimum Gasteiger partial charge on any atom is -0.313 e. The second-order valence-electron chi connectivity index (χ2n) is 4.18. The third-order valence-electron chi connectivity index (χ3n) is 2.87. The molecule has 0 aliphatic rings. The van der Waals surface area contributed by atoms with E-state index in [9.17, 15) is 13.2 Å². The topological polar surface area (TPSA) is 12.0 Å². The van der Waals surface area contributed by atoms with Gasteiger partial charge in [0.25, 0.3) is 0 Å². The molecular formula is C14H18F3N. The standard InChI is InChI=1S/C14H18F3N/c1-3-4-5-9-13(18-2)11-7-6-8-12(10-11)14(15,16)17/h3,6-8,10,13,18H,1,4-5,9H2,2H3. The van der Waals surface area contributed by atoms with Crippen LogP contribution in [0.3, 0.4) is 0 Å². The van der Waals surface area contributed by atoms with Crippen LogP contribution in [0.1, 0.15) is 36.4 Å². The van der Waals surface area contributed by atoms with Gasteiger partial charge in [0.2, 0.25) is 0 Å². The molecular weight excluding hydrogens is 239 g/mol. The summed E-state index contributed by atoms with van der Waals surface area (Å²) in [5, 5.41) is 3.05. The van der Waals surface area contributed by atoms with Crippen molar-refractivity contribution in [2.24, 2.45) is 0 Å². The largest absolute Gasteiger partial charge is 0.416 e. The Balaban J connectivity index is 2.82. The van der Waals surface area contributed by atoms with Crippen LogP contribution in [0, 0.1) is 0 Å². The summed E-state index contributed by atoms with van der Waals surface area (Å²) in [5.74, 6) is 0. The van der Waals surface area contributed by atoms with Crippen LogP contribution in [-0.2, 0) is 6.18 Å². The lowest BCUT2D eigenvalue weighted by molar-refractivity contribution is -0.137. The van der Waals surface area contributed by atoms with Crippen LogP contribution in [-0.4, -0.2) is 7.05 Å². The maximum atomic E-state index is 12.6. The normalized spacial score (nSPS) is 13.3. The number of halogens is 3. The zero-order chi connectivity index (χ0) is 13.6. The molecule has 1 atom stereocenters. The first-order valence-electron chi connectivity index (χ1n) is 5.94. The summed E-state index contributed by atoms with van der Waals surface area (Å²) >= 11 is 0. The molecule has 0 aromatic heterocycles. The van der Waals surface area contributed by atoms with E-state index in [1.165, 1.54) is 12.1 Å². The van der Waals surface area contributed by atoms with E-state index in [1.807, 2.05) is 6.08 Å². The molecule has 0 aliphatic heterocycles. The van der Waals surface area contributed by atoms with Crippen LogP contribution in [0.2, 0.25) is 0 Å². The summed E-state index contributed by atoms with van der Waals surface area (Å²) < 4.78 is 37.8. The van der Waals surface area contributed by atoms with Crippen LogP contribution < -0.4 is 5.32 Å². The number of alkyl halides is 3. The number of benzene rings is 1. The Hall–Kier alpha value is -1.29. The molecule has 0 fully saturated rings. The molecule has 1 nitrogen and oxygen atoms in total. The number of rotatable bonds is 6. The molecule has 0 amide bonds. The van der Waals surface area contributed by atoms with Crippen molar-refractivity contribution in [3.8, 4) is 0 Å². The van der Waals surface area contributed by atoms with Gasteiger partial charge in [-0.1, -0.05) is 18.2 Å². The average molecular weight is 257 g/mol. The SMILES string of the molecule is C=CCCCC(NC)c1cccc(C(F)(F)F)c1. The Morgan fingerprint density at radius 2 is 2.11 bits per heavy atom. The Morgan fingerprint density at radius 1 is 1.39 bits per heavy atom. The van der Waals surface area contributed by atoms with Gasteiger partial charge in [-0.3, -0.25) is 0 Å². The minimum atomic E-state index is -4.28. The number of hydrogen-bond donors (Lipinski definition) is 1. The van der Waals surface area contributed by atoms with E-state index < -0.39 is 11.7 Å². The fourth-order valence-corrected chi connectivity index (χ4v) is 1.88. The highest BCUT2D eigenvalue weighted by Crippen LogP contribution is 2.31. The maximum absolute atomic E-state index is 12.6. The second kappa shape index (κ2) is 6.59. The number of allylic oxidation sites excluding steroid dienone is 1. The Morgan fingerprint density at radius 3 is 2.67 bits per heavy atom. The van der Waals surface area contributed by atoms with E-state index in [2.05, 4.69) is 11.9 Å². The molecule has 1 rings (SSSR count). The molecule has 0 spiro atoms. The van der Waals surface area contributed by atoms with E-state index in [0.29, 0.717) is 5.56 Å². The lowest BCUT2D eigenvalue weighted by atomic mass is 9.99. The molecule has 1 unspecified atom stereocenters. The van der Waals surface area contributed by atoms with Gasteiger partial charge in [0, 0.05) is 6.04 Å². The fourth-order valence-electron chi connectivity index (χ4n) is 1.88. The summed E-state index contributed by atoms with van der Waals surface area (Å²) in [6, 6.07) is 5.45. The lowest BCUT2D eigenvalue weighted by Gasteiger charge is -2.18. The van der Waals surface area contributed by atoms with Crippen molar-refractivity contribution in [3.05, 3.63) is 48.0 Å². The number of nitrogens with one attached hydrogen (secondary N) is 1. The molecule has 0 bridgehead atoms. The molecule has 1 aromatic carbocycles. The minimum absolute atomic E-state index is 0.0488. The first kappa shape index (κ1) is 14.8. The van der Waals surface area contributed by atoms with Gasteiger partial charge in [-0.25, -0.2) is 0 Å². The smallest absolute Gasteiger partial charge is 0.313 e. The van der Waals surface area contributed by atoms with Crippen LogP contribution in [0.15, 0.2) is 36.9 Å². The van der Waals surface area contributed by atoms with Crippen molar-refractivity contribution in [1.82, 2.24) is 5.32 Å². The fraction of sp³-hybridized carbons (Fsp3) is 0.429. The van der Waals surface area contributed by atoms with Crippen LogP contribution in [0.4, 0.5) is 13.2 Å². The third kappa shape index (κ3) is 4.18. The van der Waals surface area contributed by atoms with Crippen LogP contribution >= 0.6 is 0 Å². The first-order chi connectivity index (χ1) is 8.49. The second-order valence-corrected chi connectivity index (χ2v) is 4.18. The van der Waals surface area contributed by atoms with Gasteiger partial charge in [0.1, 0.15) is 0 Å². The number of unbranched alkanes of at least 4 members (excludes halogenated alkanes) is 1. The predicted octanol–water partition coefficient (Wildman–Crippen LogP) is 4.32. The van der Waals surface area contributed by atoms with Crippen molar-refractivity contribution in [2.75, 3.05) is 7.05 Å². The van der Waals surface area contributed by atoms with Gasteiger partial charge in [-0.2, -0.15) is 13.2 Å². The molecule has 0 saturated carbocycles. The van der Waals surface area contributed by atoms with E-state index in [1.54, 1.807) is 13.1 Å². The van der Waals surface area contributed by atoms with Gasteiger partial charge in [0.05, 0.1) is 5.56 Å². The predicted molar refractivity (Wildman–Crippen MR) is 67.3 cm³/mol. The Kier molecular flexibility index (Phi) is 5.41. The maximum Gasteiger partial charge on any atom is 0.416 e. The molecule has 0 heterocycles. The number of hydrogen-bond acceptors (Lipinski definition) is 1. The van der Waals surface area contributed by atoms with Crippen molar-refractivity contribution in [3.63, 3.8) is 0 Å². The Labute approximate surface area is 106 Å². The summed E-state index contributed by atoms with van der Waals surface area (Å²) in [6.07, 6.45) is 0.112. The molecule has 0 saturated heterocycles. The van der Waals surface area contributed by atoms with Crippen molar-refractivity contribution >= 4 is 0 Å². The highest BCUT2D eigenvalue weighted by Gasteiger charge is 2.30. The molecule has 100 valence electrons. The van der Waals surface area contributed by atoms with Gasteiger partial charge < -0.3 is 5.32 Å². The molecule has 4 heteroatoms. The first-order valence-corrected chi connectivity index (χ1v) is 5.94. The molecule has 1 aromatic rings. The van der Waals surface area contributed by atoms with E-state index in [-0.39, 0.29) is 6.04 Å². The van der Waals surface area contributed by atoms with Crippen molar-refractivity contribution < 1.29 is 13.2 Å². The highest BCUT2D eigenvalue weighted by atomic mass is 19.4. The zero-order valence-corrected chi connectivity index (χ0v) is 10.4. The van der Waals surface area contributed by atoms with E-state index >= 15 is 0 Å². The molecule has 18 heavy (non-hydrogen) atoms. The lowest BCUT2D eigenvalue weighted by Crippen LogP contribution is -2.17. The van der Waals surface area contributed by atoms with Gasteiger partial charge >= 0.3 is 6.18 Å². The van der Waals surface area contributed by atoms with Gasteiger partial charge in [0.15, 0.2) is 0 Å². The van der Waals surface area contributed by atoms with Crippen LogP contribution in [0.5, 0.6) is 0 Å². The average Bonchev–Trinajstić information content (AvgIpc) is 2.34. The van der Waals surface area contributed by atoms with E-state index in [0.717, 1.165) is 25.3 Å².